The smallest absolute Gasteiger partial charge is 0.155 e. The average molecular weight is 120 g/mol. The fraction of sp³-hybridized carbons (Fsp3) is 1.00. The van der Waals surface area contributed by atoms with Gasteiger partial charge in [0.05, 0.1) is 6.61 Å². The predicted molar refractivity (Wildman–Crippen MR) is 28.2 cm³/mol. The molecule has 42 valence electrons. The summed E-state index contributed by atoms with van der Waals surface area (Å²) in [6.45, 7) is 0.687. The maximum absolute atomic E-state index is 10.4. The molecular weight excluding hydrogens is 112 g/mol. The van der Waals surface area contributed by atoms with Crippen LogP contribution in [0.25, 0.3) is 0 Å². The Morgan fingerprint density at radius 2 is 2.29 bits per heavy atom. The first-order valence-electron chi connectivity index (χ1n) is 2.41. The minimum absolute atomic E-state index is 0.687. The molecule has 1 atom stereocenters. The van der Waals surface area contributed by atoms with E-state index in [2.05, 4.69) is 0 Å². The van der Waals surface area contributed by atoms with Gasteiger partial charge in [0.1, 0.15) is 0 Å². The Kier molecular flexibility index (Phi) is 1.82. The summed E-state index contributed by atoms with van der Waals surface area (Å²) in [5.74, 6) is 0.736. The van der Waals surface area contributed by atoms with Gasteiger partial charge in [-0.15, -0.1) is 0 Å². The van der Waals surface area contributed by atoms with E-state index in [1.54, 1.807) is 0 Å². The van der Waals surface area contributed by atoms with Crippen molar-refractivity contribution in [3.8, 4) is 0 Å². The maximum Gasteiger partial charge on any atom is 0.155 e. The molecule has 2 nitrogen and oxygen atoms in total. The van der Waals surface area contributed by atoms with Gasteiger partial charge in [-0.2, -0.15) is 0 Å². The van der Waals surface area contributed by atoms with Crippen molar-refractivity contribution in [1.29, 1.82) is 0 Å². The minimum Gasteiger partial charge on any atom is -0.291 e. The van der Waals surface area contributed by atoms with Gasteiger partial charge in [0.2, 0.25) is 0 Å². The molecule has 0 aromatic rings. The summed E-state index contributed by atoms with van der Waals surface area (Å²) in [5.41, 5.74) is 0. The Balaban J connectivity index is 2.25. The van der Waals surface area contributed by atoms with Crippen molar-refractivity contribution in [1.82, 2.24) is 0 Å². The lowest BCUT2D eigenvalue weighted by Gasteiger charge is -2.07. The lowest BCUT2D eigenvalue weighted by atomic mass is 10.4. The molecule has 0 N–H and O–H groups in total. The van der Waals surface area contributed by atoms with Crippen LogP contribution in [0, 0.1) is 0 Å². The second-order valence-electron chi connectivity index (χ2n) is 1.54. The molecule has 1 saturated heterocycles. The number of hydrogen-bond acceptors (Lipinski definition) is 2. The van der Waals surface area contributed by atoms with E-state index in [9.17, 15) is 4.21 Å². The van der Waals surface area contributed by atoms with Crippen molar-refractivity contribution >= 4 is 11.1 Å². The molecule has 1 aliphatic rings. The highest BCUT2D eigenvalue weighted by atomic mass is 32.2. The summed E-state index contributed by atoms with van der Waals surface area (Å²) in [4.78, 5) is 0. The molecule has 0 bridgehead atoms. The molecule has 0 aromatic carbocycles. The van der Waals surface area contributed by atoms with Gasteiger partial charge in [-0.1, -0.05) is 0 Å². The van der Waals surface area contributed by atoms with Crippen LogP contribution < -0.4 is 0 Å². The van der Waals surface area contributed by atoms with Crippen LogP contribution in [0.5, 0.6) is 0 Å². The molecule has 0 amide bonds. The van der Waals surface area contributed by atoms with Gasteiger partial charge in [-0.05, 0) is 12.8 Å². The van der Waals surface area contributed by atoms with Crippen LogP contribution in [0.4, 0.5) is 0 Å². The lowest BCUT2D eigenvalue weighted by molar-refractivity contribution is 0.320. The zero-order chi connectivity index (χ0) is 5.11. The Labute approximate surface area is 45.5 Å². The van der Waals surface area contributed by atoms with E-state index in [1.807, 2.05) is 0 Å². The standard InChI is InChI=1S/C4H8O2S/c5-7-4-2-1-3-6-7/h1-4H2/t7-/m1/s1. The molecule has 1 aliphatic heterocycles. The first-order chi connectivity index (χ1) is 3.39. The molecule has 0 spiro atoms. The molecule has 1 heterocycles. The normalized spacial score (nSPS) is 32.9. The predicted octanol–water partition coefficient (Wildman–Crippen LogP) is 0.461. The summed E-state index contributed by atoms with van der Waals surface area (Å²) < 4.78 is 15.1. The molecule has 0 aliphatic carbocycles. The second kappa shape index (κ2) is 2.43. The fourth-order valence-electron chi connectivity index (χ4n) is 0.533. The maximum atomic E-state index is 10.4. The molecule has 0 unspecified atom stereocenters. The summed E-state index contributed by atoms with van der Waals surface area (Å²) in [6, 6.07) is 0. The zero-order valence-electron chi connectivity index (χ0n) is 4.05. The third kappa shape index (κ3) is 1.57. The highest BCUT2D eigenvalue weighted by Gasteiger charge is 2.04. The molecule has 0 radical (unpaired) electrons. The second-order valence-corrected chi connectivity index (χ2v) is 2.79. The van der Waals surface area contributed by atoms with Crippen molar-refractivity contribution < 1.29 is 8.39 Å². The third-order valence-electron chi connectivity index (χ3n) is 0.920. The average Bonchev–Trinajstić information content (AvgIpc) is 1.69. The van der Waals surface area contributed by atoms with Gasteiger partial charge in [-0.25, -0.2) is 4.21 Å². The van der Waals surface area contributed by atoms with Crippen LogP contribution >= 0.6 is 0 Å². The van der Waals surface area contributed by atoms with E-state index < -0.39 is 11.1 Å². The van der Waals surface area contributed by atoms with E-state index >= 15 is 0 Å². The van der Waals surface area contributed by atoms with Gasteiger partial charge < -0.3 is 0 Å². The van der Waals surface area contributed by atoms with Crippen molar-refractivity contribution in [3.05, 3.63) is 0 Å². The SMILES string of the molecule is O=[S@]1CCCCO1. The van der Waals surface area contributed by atoms with E-state index in [0.29, 0.717) is 6.61 Å². The Bertz CT molecular complexity index is 73.8. The quantitative estimate of drug-likeness (QED) is 0.464. The highest BCUT2D eigenvalue weighted by Crippen LogP contribution is 2.02. The van der Waals surface area contributed by atoms with E-state index in [4.69, 9.17) is 4.18 Å². The van der Waals surface area contributed by atoms with Crippen molar-refractivity contribution in [2.75, 3.05) is 12.4 Å². The van der Waals surface area contributed by atoms with Crippen LogP contribution in [0.1, 0.15) is 12.8 Å². The van der Waals surface area contributed by atoms with Gasteiger partial charge >= 0.3 is 0 Å². The molecule has 0 saturated carbocycles. The number of hydrogen-bond donors (Lipinski definition) is 0. The van der Waals surface area contributed by atoms with E-state index in [-0.39, 0.29) is 0 Å². The summed E-state index contributed by atoms with van der Waals surface area (Å²) in [7, 11) is 0. The van der Waals surface area contributed by atoms with E-state index in [0.717, 1.165) is 18.6 Å². The monoisotopic (exact) mass is 120 g/mol. The van der Waals surface area contributed by atoms with Crippen molar-refractivity contribution in [2.24, 2.45) is 0 Å². The molecule has 0 aromatic heterocycles. The molecule has 1 fully saturated rings. The molecule has 7 heavy (non-hydrogen) atoms. The zero-order valence-corrected chi connectivity index (χ0v) is 4.87. The van der Waals surface area contributed by atoms with Crippen LogP contribution in [0.2, 0.25) is 0 Å². The first kappa shape index (κ1) is 5.25. The fourth-order valence-corrected chi connectivity index (χ4v) is 1.39. The largest absolute Gasteiger partial charge is 0.291 e. The summed E-state index contributed by atoms with van der Waals surface area (Å²) in [6.07, 6.45) is 2.14. The Morgan fingerprint density at radius 1 is 1.43 bits per heavy atom. The van der Waals surface area contributed by atoms with Crippen LogP contribution in [0.15, 0.2) is 0 Å². The van der Waals surface area contributed by atoms with Crippen LogP contribution in [0.3, 0.4) is 0 Å². The van der Waals surface area contributed by atoms with Gasteiger partial charge in [0, 0.05) is 5.75 Å². The lowest BCUT2D eigenvalue weighted by Crippen LogP contribution is -2.10. The molecular formula is C4H8O2S. The van der Waals surface area contributed by atoms with Crippen LogP contribution in [-0.4, -0.2) is 16.6 Å². The van der Waals surface area contributed by atoms with E-state index in [1.165, 1.54) is 0 Å². The Hall–Kier alpha value is 0.110. The topological polar surface area (TPSA) is 26.3 Å². The van der Waals surface area contributed by atoms with Crippen molar-refractivity contribution in [3.63, 3.8) is 0 Å². The number of rotatable bonds is 0. The molecule has 3 heteroatoms. The molecule has 1 rings (SSSR count). The van der Waals surface area contributed by atoms with Gasteiger partial charge in [0.25, 0.3) is 0 Å². The highest BCUT2D eigenvalue weighted by molar-refractivity contribution is 7.80. The van der Waals surface area contributed by atoms with Crippen LogP contribution in [-0.2, 0) is 15.3 Å². The van der Waals surface area contributed by atoms with Gasteiger partial charge in [0.15, 0.2) is 11.1 Å². The minimum atomic E-state index is -0.940. The van der Waals surface area contributed by atoms with Gasteiger partial charge in [-0.3, -0.25) is 4.18 Å². The Morgan fingerprint density at radius 3 is 2.57 bits per heavy atom. The summed E-state index contributed by atoms with van der Waals surface area (Å²) in [5, 5.41) is 0. The first-order valence-corrected chi connectivity index (χ1v) is 3.65. The summed E-state index contributed by atoms with van der Waals surface area (Å²) >= 11 is -0.940. The third-order valence-corrected chi connectivity index (χ3v) is 1.97. The van der Waals surface area contributed by atoms with Crippen molar-refractivity contribution in [2.45, 2.75) is 12.8 Å².